The Kier molecular flexibility index (Phi) is 7.29. The lowest BCUT2D eigenvalue weighted by Crippen LogP contribution is -2.41. The van der Waals surface area contributed by atoms with Crippen molar-refractivity contribution in [3.63, 3.8) is 0 Å². The number of para-hydroxylation sites is 1. The van der Waals surface area contributed by atoms with Gasteiger partial charge in [0.25, 0.3) is 0 Å². The molecule has 0 unspecified atom stereocenters. The molecule has 2 atom stereocenters. The Bertz CT molecular complexity index is 755. The summed E-state index contributed by atoms with van der Waals surface area (Å²) in [5.74, 6) is -1.09. The topological polar surface area (TPSA) is 59.0 Å². The van der Waals surface area contributed by atoms with Crippen molar-refractivity contribution in [3.8, 4) is 5.75 Å². The maximum Gasteiger partial charge on any atom is 0.410 e. The first-order valence-corrected chi connectivity index (χ1v) is 13.6. The van der Waals surface area contributed by atoms with Crippen LogP contribution in [0, 0.1) is 11.7 Å². The number of carbonyl (C=O) groups excluding carboxylic acids is 1. The number of ether oxygens (including phenoxy) is 1. The molecule has 5 nitrogen and oxygen atoms in total. The molecule has 1 heterocycles. The molecule has 1 N–H and O–H groups in total. The number of likely N-dealkylation sites (tertiary alicyclic amines) is 1. The highest BCUT2D eigenvalue weighted by atomic mass is 28.4. The molecule has 7 heteroatoms. The quantitative estimate of drug-likeness (QED) is 0.581. The van der Waals surface area contributed by atoms with Gasteiger partial charge >= 0.3 is 6.09 Å². The first kappa shape index (κ1) is 24.7. The molecule has 30 heavy (non-hydrogen) atoms. The minimum Gasteiger partial charge on any atom is -0.505 e. The van der Waals surface area contributed by atoms with Gasteiger partial charge in [0.15, 0.2) is 19.9 Å². The van der Waals surface area contributed by atoms with E-state index in [-0.39, 0.29) is 28.7 Å². The molecule has 1 aromatic rings. The Labute approximate surface area is 181 Å². The van der Waals surface area contributed by atoms with Crippen molar-refractivity contribution >= 4 is 14.4 Å². The molecule has 0 aromatic heterocycles. The van der Waals surface area contributed by atoms with E-state index in [1.54, 1.807) is 17.0 Å². The average Bonchev–Trinajstić information content (AvgIpc) is 2.99. The lowest BCUT2D eigenvalue weighted by atomic mass is 9.86. The second-order valence-corrected chi connectivity index (χ2v) is 15.6. The predicted octanol–water partition coefficient (Wildman–Crippen LogP) is 5.89. The molecular formula is C23H38FNO4Si. The number of carbonyl (C=O) groups is 1. The van der Waals surface area contributed by atoms with Gasteiger partial charge in [-0.15, -0.1) is 0 Å². The van der Waals surface area contributed by atoms with Crippen molar-refractivity contribution in [2.75, 3.05) is 19.7 Å². The summed E-state index contributed by atoms with van der Waals surface area (Å²) in [7, 11) is -1.88. The number of amides is 1. The van der Waals surface area contributed by atoms with E-state index in [1.165, 1.54) is 6.07 Å². The Balaban J connectivity index is 2.19. The third-order valence-corrected chi connectivity index (χ3v) is 10.8. The second-order valence-electron chi connectivity index (χ2n) is 10.8. The van der Waals surface area contributed by atoms with Crippen LogP contribution >= 0.6 is 0 Å². The molecule has 1 aliphatic heterocycles. The zero-order chi connectivity index (χ0) is 22.9. The molecule has 0 aliphatic carbocycles. The highest BCUT2D eigenvalue weighted by Crippen LogP contribution is 2.41. The summed E-state index contributed by atoms with van der Waals surface area (Å²) in [5, 5.41) is 10.4. The third-order valence-electron chi connectivity index (χ3n) is 6.27. The van der Waals surface area contributed by atoms with E-state index in [1.807, 2.05) is 20.8 Å². The molecular weight excluding hydrogens is 401 g/mol. The summed E-state index contributed by atoms with van der Waals surface area (Å²) in [6.07, 6.45) is 0.350. The van der Waals surface area contributed by atoms with Crippen molar-refractivity contribution in [2.24, 2.45) is 5.92 Å². The van der Waals surface area contributed by atoms with Crippen LogP contribution in [0.4, 0.5) is 9.18 Å². The van der Waals surface area contributed by atoms with Gasteiger partial charge in [-0.2, -0.15) is 0 Å². The van der Waals surface area contributed by atoms with Crippen molar-refractivity contribution < 1.29 is 23.5 Å². The molecule has 1 saturated heterocycles. The predicted molar refractivity (Wildman–Crippen MR) is 120 cm³/mol. The summed E-state index contributed by atoms with van der Waals surface area (Å²) < 4.78 is 25.9. The van der Waals surface area contributed by atoms with Crippen LogP contribution in [0.5, 0.6) is 5.75 Å². The normalized spacial score (nSPS) is 20.5. The van der Waals surface area contributed by atoms with Crippen LogP contribution < -0.4 is 0 Å². The van der Waals surface area contributed by atoms with E-state index in [2.05, 4.69) is 33.9 Å². The Hall–Kier alpha value is -1.60. The number of hydrogen-bond donors (Lipinski definition) is 1. The van der Waals surface area contributed by atoms with Gasteiger partial charge in [-0.05, 0) is 57.3 Å². The van der Waals surface area contributed by atoms with Crippen molar-refractivity contribution in [1.29, 1.82) is 0 Å². The smallest absolute Gasteiger partial charge is 0.410 e. The van der Waals surface area contributed by atoms with Gasteiger partial charge in [-0.1, -0.05) is 32.9 Å². The number of benzene rings is 1. The van der Waals surface area contributed by atoms with Crippen LogP contribution in [0.25, 0.3) is 0 Å². The minimum atomic E-state index is -1.88. The fraction of sp³-hybridized carbons (Fsp3) is 0.696. The number of halogens is 1. The van der Waals surface area contributed by atoms with Gasteiger partial charge in [-0.25, -0.2) is 9.18 Å². The van der Waals surface area contributed by atoms with Crippen LogP contribution in [0.2, 0.25) is 18.1 Å². The van der Waals surface area contributed by atoms with Crippen LogP contribution in [-0.4, -0.2) is 49.7 Å². The highest BCUT2D eigenvalue weighted by molar-refractivity contribution is 6.74. The van der Waals surface area contributed by atoms with E-state index >= 15 is 0 Å². The molecule has 1 fully saturated rings. The van der Waals surface area contributed by atoms with Gasteiger partial charge < -0.3 is 19.2 Å². The lowest BCUT2D eigenvalue weighted by molar-refractivity contribution is 0.0285. The Morgan fingerprint density at radius 3 is 2.40 bits per heavy atom. The Morgan fingerprint density at radius 1 is 1.20 bits per heavy atom. The second kappa shape index (κ2) is 8.87. The summed E-state index contributed by atoms with van der Waals surface area (Å²) in [6.45, 7) is 18.0. The van der Waals surface area contributed by atoms with Crippen molar-refractivity contribution in [2.45, 2.75) is 77.6 Å². The lowest BCUT2D eigenvalue weighted by Gasteiger charge is -2.36. The van der Waals surface area contributed by atoms with Crippen molar-refractivity contribution in [3.05, 3.63) is 29.6 Å². The van der Waals surface area contributed by atoms with Crippen LogP contribution in [-0.2, 0) is 9.16 Å². The summed E-state index contributed by atoms with van der Waals surface area (Å²) in [4.78, 5) is 14.3. The first-order chi connectivity index (χ1) is 13.6. The molecule has 0 spiro atoms. The monoisotopic (exact) mass is 439 g/mol. The van der Waals surface area contributed by atoms with E-state index in [4.69, 9.17) is 9.16 Å². The van der Waals surface area contributed by atoms with Gasteiger partial charge in [0.2, 0.25) is 0 Å². The van der Waals surface area contributed by atoms with Crippen LogP contribution in [0.1, 0.15) is 59.4 Å². The van der Waals surface area contributed by atoms with Crippen molar-refractivity contribution in [1.82, 2.24) is 4.90 Å². The molecule has 0 radical (unpaired) electrons. The molecule has 0 bridgehead atoms. The largest absolute Gasteiger partial charge is 0.505 e. The SMILES string of the molecule is CC(C)(C)OC(=O)N1C[C@H](CCO[Si](C)(C)C(C)(C)C)[C@@H](c2cccc(F)c2O)C1. The average molecular weight is 440 g/mol. The van der Waals surface area contributed by atoms with Crippen LogP contribution in [0.3, 0.4) is 0 Å². The highest BCUT2D eigenvalue weighted by Gasteiger charge is 2.41. The standard InChI is InChI=1S/C23H38FNO4Si/c1-22(2,3)29-21(27)25-14-16(12-13-28-30(7,8)23(4,5)6)18(15-25)17-10-9-11-19(24)20(17)26/h9-11,16,18,26H,12-15H2,1-8H3/t16-,18-/m0/s1. The zero-order valence-corrected chi connectivity index (χ0v) is 20.7. The molecule has 1 aliphatic rings. The number of nitrogens with zero attached hydrogens (tertiary/aromatic N) is 1. The number of phenolic OH excluding ortho intramolecular Hbond substituents is 1. The van der Waals surface area contributed by atoms with E-state index in [0.29, 0.717) is 25.3 Å². The molecule has 1 amide bonds. The third kappa shape index (κ3) is 5.97. The maximum absolute atomic E-state index is 14.0. The summed E-state index contributed by atoms with van der Waals surface area (Å²) in [6, 6.07) is 4.59. The van der Waals surface area contributed by atoms with Crippen LogP contribution in [0.15, 0.2) is 18.2 Å². The molecule has 1 aromatic carbocycles. The van der Waals surface area contributed by atoms with Gasteiger partial charge in [-0.3, -0.25) is 0 Å². The summed E-state index contributed by atoms with van der Waals surface area (Å²) in [5.41, 5.74) is -0.0460. The molecule has 2 rings (SSSR count). The molecule has 0 saturated carbocycles. The van der Waals surface area contributed by atoms with E-state index < -0.39 is 19.7 Å². The van der Waals surface area contributed by atoms with E-state index in [9.17, 15) is 14.3 Å². The Morgan fingerprint density at radius 2 is 1.83 bits per heavy atom. The first-order valence-electron chi connectivity index (χ1n) is 10.7. The fourth-order valence-corrected chi connectivity index (χ4v) is 4.57. The number of rotatable bonds is 5. The zero-order valence-electron chi connectivity index (χ0n) is 19.7. The number of aromatic hydroxyl groups is 1. The minimum absolute atomic E-state index is 0.0509. The number of phenols is 1. The van der Waals surface area contributed by atoms with Gasteiger partial charge in [0.1, 0.15) is 5.60 Å². The van der Waals surface area contributed by atoms with Gasteiger partial charge in [0.05, 0.1) is 0 Å². The van der Waals surface area contributed by atoms with Gasteiger partial charge in [0, 0.05) is 31.2 Å². The molecule has 170 valence electrons. The fourth-order valence-electron chi connectivity index (χ4n) is 3.50. The maximum atomic E-state index is 14.0. The summed E-state index contributed by atoms with van der Waals surface area (Å²) >= 11 is 0. The van der Waals surface area contributed by atoms with E-state index in [0.717, 1.165) is 6.42 Å². The number of hydrogen-bond acceptors (Lipinski definition) is 4.